The summed E-state index contributed by atoms with van der Waals surface area (Å²) >= 11 is 0. The fraction of sp³-hybridized carbons (Fsp3) is 0.231. The summed E-state index contributed by atoms with van der Waals surface area (Å²) in [7, 11) is 0. The Bertz CT molecular complexity index is 464. The number of carboxylic acid groups (broad SMARTS) is 1. The van der Waals surface area contributed by atoms with Crippen molar-refractivity contribution < 1.29 is 9.90 Å². The van der Waals surface area contributed by atoms with Gasteiger partial charge in [-0.1, -0.05) is 12.2 Å². The standard InChI is InChI=1S/C13H16N2O2/c1-9(2)10(5-6-12(16)17)8-11-4-3-7-15-13(11)14/h3-4,7-8H,1,5-6H2,2H3,(H2,14,15)(H,16,17)/b10-8-. The number of nitrogens with two attached hydrogens (primary N) is 1. The van der Waals surface area contributed by atoms with E-state index in [0.29, 0.717) is 12.2 Å². The molecule has 0 fully saturated rings. The molecule has 1 aromatic heterocycles. The van der Waals surface area contributed by atoms with Crippen molar-refractivity contribution in [3.63, 3.8) is 0 Å². The second-order valence-electron chi connectivity index (χ2n) is 3.82. The number of aliphatic carboxylic acids is 1. The Kier molecular flexibility index (Phi) is 4.46. The maximum Gasteiger partial charge on any atom is 0.303 e. The lowest BCUT2D eigenvalue weighted by atomic mass is 10.0. The molecule has 0 saturated carbocycles. The summed E-state index contributed by atoms with van der Waals surface area (Å²) in [6.07, 6.45) is 3.98. The molecular formula is C13H16N2O2. The van der Waals surface area contributed by atoms with E-state index in [-0.39, 0.29) is 6.42 Å². The Morgan fingerprint density at radius 3 is 2.82 bits per heavy atom. The van der Waals surface area contributed by atoms with Crippen molar-refractivity contribution in [2.75, 3.05) is 5.73 Å². The van der Waals surface area contributed by atoms with Gasteiger partial charge in [0.2, 0.25) is 0 Å². The molecule has 0 aliphatic carbocycles. The zero-order valence-corrected chi connectivity index (χ0v) is 9.81. The molecule has 0 aromatic carbocycles. The van der Waals surface area contributed by atoms with Gasteiger partial charge in [0.25, 0.3) is 0 Å². The zero-order chi connectivity index (χ0) is 12.8. The second kappa shape index (κ2) is 5.84. The number of allylic oxidation sites excluding steroid dienone is 2. The quantitative estimate of drug-likeness (QED) is 0.765. The van der Waals surface area contributed by atoms with Gasteiger partial charge in [0.05, 0.1) is 0 Å². The lowest BCUT2D eigenvalue weighted by Crippen LogP contribution is -1.97. The molecule has 3 N–H and O–H groups in total. The smallest absolute Gasteiger partial charge is 0.303 e. The van der Waals surface area contributed by atoms with Crippen LogP contribution in [0.15, 0.2) is 36.1 Å². The topological polar surface area (TPSA) is 76.2 Å². The van der Waals surface area contributed by atoms with E-state index in [4.69, 9.17) is 10.8 Å². The van der Waals surface area contributed by atoms with E-state index in [1.165, 1.54) is 0 Å². The Labute approximate surface area is 100 Å². The number of pyridine rings is 1. The predicted octanol–water partition coefficient (Wildman–Crippen LogP) is 2.49. The largest absolute Gasteiger partial charge is 0.481 e. The number of hydrogen-bond acceptors (Lipinski definition) is 3. The van der Waals surface area contributed by atoms with Gasteiger partial charge in [-0.25, -0.2) is 4.98 Å². The summed E-state index contributed by atoms with van der Waals surface area (Å²) < 4.78 is 0. The van der Waals surface area contributed by atoms with Gasteiger partial charge in [0.15, 0.2) is 0 Å². The van der Waals surface area contributed by atoms with Crippen LogP contribution in [-0.4, -0.2) is 16.1 Å². The number of nitrogens with zero attached hydrogens (tertiary/aromatic N) is 1. The molecule has 0 radical (unpaired) electrons. The van der Waals surface area contributed by atoms with E-state index in [9.17, 15) is 4.79 Å². The van der Waals surface area contributed by atoms with Crippen LogP contribution in [0.4, 0.5) is 5.82 Å². The summed E-state index contributed by atoms with van der Waals surface area (Å²) in [5, 5.41) is 8.67. The van der Waals surface area contributed by atoms with E-state index in [2.05, 4.69) is 11.6 Å². The predicted molar refractivity (Wildman–Crippen MR) is 68.3 cm³/mol. The van der Waals surface area contributed by atoms with Crippen LogP contribution < -0.4 is 5.73 Å². The summed E-state index contributed by atoms with van der Waals surface area (Å²) in [5.41, 5.74) is 8.23. The molecule has 0 aliphatic rings. The molecule has 0 spiro atoms. The monoisotopic (exact) mass is 232 g/mol. The van der Waals surface area contributed by atoms with Gasteiger partial charge < -0.3 is 10.8 Å². The van der Waals surface area contributed by atoms with Gasteiger partial charge in [-0.2, -0.15) is 0 Å². The minimum absolute atomic E-state index is 0.0822. The first-order valence-electron chi connectivity index (χ1n) is 5.29. The first-order valence-corrected chi connectivity index (χ1v) is 5.29. The molecule has 0 amide bonds. The highest BCUT2D eigenvalue weighted by atomic mass is 16.4. The molecule has 90 valence electrons. The molecule has 4 nitrogen and oxygen atoms in total. The molecule has 1 heterocycles. The average Bonchev–Trinajstić information content (AvgIpc) is 2.25. The fourth-order valence-electron chi connectivity index (χ4n) is 1.39. The molecule has 0 bridgehead atoms. The van der Waals surface area contributed by atoms with E-state index in [1.54, 1.807) is 12.3 Å². The second-order valence-corrected chi connectivity index (χ2v) is 3.82. The van der Waals surface area contributed by atoms with Gasteiger partial charge in [0, 0.05) is 18.2 Å². The van der Waals surface area contributed by atoms with Gasteiger partial charge in [-0.05, 0) is 37.1 Å². The van der Waals surface area contributed by atoms with Crippen molar-refractivity contribution >= 4 is 17.9 Å². The van der Waals surface area contributed by atoms with Crippen molar-refractivity contribution in [1.82, 2.24) is 4.98 Å². The third-order valence-corrected chi connectivity index (χ3v) is 2.36. The summed E-state index contributed by atoms with van der Waals surface area (Å²) in [6.45, 7) is 5.68. The molecule has 4 heteroatoms. The molecule has 0 aliphatic heterocycles. The highest BCUT2D eigenvalue weighted by molar-refractivity contribution is 5.70. The third kappa shape index (κ3) is 4.10. The summed E-state index contributed by atoms with van der Waals surface area (Å²) in [5.74, 6) is -0.391. The fourth-order valence-corrected chi connectivity index (χ4v) is 1.39. The van der Waals surface area contributed by atoms with Crippen LogP contribution in [0.3, 0.4) is 0 Å². The van der Waals surface area contributed by atoms with E-state index >= 15 is 0 Å². The van der Waals surface area contributed by atoms with Crippen molar-refractivity contribution in [3.8, 4) is 0 Å². The van der Waals surface area contributed by atoms with E-state index in [1.807, 2.05) is 19.1 Å². The minimum atomic E-state index is -0.823. The number of rotatable bonds is 5. The van der Waals surface area contributed by atoms with Crippen molar-refractivity contribution in [2.24, 2.45) is 0 Å². The van der Waals surface area contributed by atoms with E-state index in [0.717, 1.165) is 16.7 Å². The lowest BCUT2D eigenvalue weighted by Gasteiger charge is -2.06. The van der Waals surface area contributed by atoms with Gasteiger partial charge in [-0.3, -0.25) is 4.79 Å². The lowest BCUT2D eigenvalue weighted by molar-refractivity contribution is -0.136. The number of anilines is 1. The van der Waals surface area contributed by atoms with Crippen LogP contribution in [0.5, 0.6) is 0 Å². The van der Waals surface area contributed by atoms with Gasteiger partial charge in [-0.15, -0.1) is 0 Å². The first-order chi connectivity index (χ1) is 8.00. The normalized spacial score (nSPS) is 11.2. The number of carboxylic acids is 1. The van der Waals surface area contributed by atoms with Gasteiger partial charge >= 0.3 is 5.97 Å². The highest BCUT2D eigenvalue weighted by Crippen LogP contribution is 2.20. The average molecular weight is 232 g/mol. The molecule has 1 aromatic rings. The van der Waals surface area contributed by atoms with Crippen LogP contribution in [0.25, 0.3) is 6.08 Å². The van der Waals surface area contributed by atoms with Crippen LogP contribution >= 0.6 is 0 Å². The molecule has 0 atom stereocenters. The molecule has 0 saturated heterocycles. The van der Waals surface area contributed by atoms with Crippen LogP contribution in [-0.2, 0) is 4.79 Å². The molecule has 1 rings (SSSR count). The SMILES string of the molecule is C=C(C)/C(=C\c1cccnc1N)CCC(=O)O. The zero-order valence-electron chi connectivity index (χ0n) is 9.81. The third-order valence-electron chi connectivity index (χ3n) is 2.36. The Morgan fingerprint density at radius 1 is 1.59 bits per heavy atom. The van der Waals surface area contributed by atoms with Crippen LogP contribution in [0.1, 0.15) is 25.3 Å². The first kappa shape index (κ1) is 13.0. The van der Waals surface area contributed by atoms with Crippen LogP contribution in [0.2, 0.25) is 0 Å². The molecular weight excluding hydrogens is 216 g/mol. The summed E-state index contributed by atoms with van der Waals surface area (Å²) in [6, 6.07) is 3.63. The van der Waals surface area contributed by atoms with Crippen molar-refractivity contribution in [1.29, 1.82) is 0 Å². The van der Waals surface area contributed by atoms with Crippen LogP contribution in [0, 0.1) is 0 Å². The molecule has 17 heavy (non-hydrogen) atoms. The van der Waals surface area contributed by atoms with E-state index < -0.39 is 5.97 Å². The maximum atomic E-state index is 10.6. The number of carbonyl (C=O) groups is 1. The Balaban J connectivity index is 2.94. The number of hydrogen-bond donors (Lipinski definition) is 2. The highest BCUT2D eigenvalue weighted by Gasteiger charge is 2.04. The maximum absolute atomic E-state index is 10.6. The minimum Gasteiger partial charge on any atom is -0.481 e. The number of aromatic nitrogens is 1. The van der Waals surface area contributed by atoms with Crippen molar-refractivity contribution in [2.45, 2.75) is 19.8 Å². The van der Waals surface area contributed by atoms with Gasteiger partial charge in [0.1, 0.15) is 5.82 Å². The Morgan fingerprint density at radius 2 is 2.29 bits per heavy atom. The molecule has 0 unspecified atom stereocenters. The number of nitrogen functional groups attached to an aromatic ring is 1. The van der Waals surface area contributed by atoms with Crippen molar-refractivity contribution in [3.05, 3.63) is 41.6 Å². The Hall–Kier alpha value is -2.10. The summed E-state index contributed by atoms with van der Waals surface area (Å²) in [4.78, 5) is 14.5.